The van der Waals surface area contributed by atoms with E-state index >= 15 is 0 Å². The van der Waals surface area contributed by atoms with E-state index < -0.39 is 5.60 Å². The lowest BCUT2D eigenvalue weighted by Crippen LogP contribution is -2.40. The van der Waals surface area contributed by atoms with E-state index in [1.807, 2.05) is 25.7 Å². The molecule has 0 radical (unpaired) electrons. The van der Waals surface area contributed by atoms with Crippen LogP contribution < -0.4 is 5.32 Å². The SMILES string of the molecule is CCCNCCC1CCCN1C(=O)OC(C)(C)C. The molecule has 0 aromatic carbocycles. The fourth-order valence-corrected chi connectivity index (χ4v) is 2.27. The smallest absolute Gasteiger partial charge is 0.410 e. The van der Waals surface area contributed by atoms with Crippen LogP contribution in [0.25, 0.3) is 0 Å². The van der Waals surface area contributed by atoms with Crippen LogP contribution in [-0.2, 0) is 4.74 Å². The highest BCUT2D eigenvalue weighted by atomic mass is 16.6. The minimum atomic E-state index is -0.398. The fraction of sp³-hybridized carbons (Fsp3) is 0.929. The van der Waals surface area contributed by atoms with Gasteiger partial charge < -0.3 is 15.0 Å². The van der Waals surface area contributed by atoms with E-state index in [9.17, 15) is 4.79 Å². The zero-order valence-corrected chi connectivity index (χ0v) is 12.3. The van der Waals surface area contributed by atoms with Crippen molar-refractivity contribution in [2.75, 3.05) is 19.6 Å². The summed E-state index contributed by atoms with van der Waals surface area (Å²) in [5.41, 5.74) is -0.398. The van der Waals surface area contributed by atoms with Crippen molar-refractivity contribution in [1.29, 1.82) is 0 Å². The third kappa shape index (κ3) is 5.25. The van der Waals surface area contributed by atoms with Crippen molar-refractivity contribution >= 4 is 6.09 Å². The largest absolute Gasteiger partial charge is 0.444 e. The Hall–Kier alpha value is -0.770. The Balaban J connectivity index is 2.36. The summed E-state index contributed by atoms with van der Waals surface area (Å²) in [6.07, 6.45) is 4.23. The third-order valence-electron chi connectivity index (χ3n) is 3.09. The quantitative estimate of drug-likeness (QED) is 0.769. The Labute approximate surface area is 111 Å². The highest BCUT2D eigenvalue weighted by Crippen LogP contribution is 2.22. The molecule has 1 aliphatic rings. The zero-order chi connectivity index (χ0) is 13.6. The van der Waals surface area contributed by atoms with Crippen molar-refractivity contribution in [3.63, 3.8) is 0 Å². The monoisotopic (exact) mass is 256 g/mol. The first-order chi connectivity index (χ1) is 8.44. The molecule has 1 amide bonds. The van der Waals surface area contributed by atoms with Gasteiger partial charge >= 0.3 is 6.09 Å². The molecule has 4 nitrogen and oxygen atoms in total. The Morgan fingerprint density at radius 1 is 1.39 bits per heavy atom. The number of ether oxygens (including phenoxy) is 1. The number of hydrogen-bond acceptors (Lipinski definition) is 3. The first-order valence-electron chi connectivity index (χ1n) is 7.14. The van der Waals surface area contributed by atoms with E-state index in [1.54, 1.807) is 0 Å². The molecule has 0 aliphatic carbocycles. The van der Waals surface area contributed by atoms with Gasteiger partial charge in [-0.25, -0.2) is 4.79 Å². The summed E-state index contributed by atoms with van der Waals surface area (Å²) in [6, 6.07) is 0.351. The molecule has 1 unspecified atom stereocenters. The Bertz CT molecular complexity index is 261. The average molecular weight is 256 g/mol. The third-order valence-corrected chi connectivity index (χ3v) is 3.09. The molecule has 1 fully saturated rings. The number of nitrogens with one attached hydrogen (secondary N) is 1. The lowest BCUT2D eigenvalue weighted by molar-refractivity contribution is 0.0221. The number of amides is 1. The normalized spacial score (nSPS) is 20.2. The van der Waals surface area contributed by atoms with Crippen LogP contribution >= 0.6 is 0 Å². The van der Waals surface area contributed by atoms with Crippen LogP contribution in [0.3, 0.4) is 0 Å². The molecule has 0 aromatic rings. The van der Waals surface area contributed by atoms with Crippen molar-refractivity contribution in [2.24, 2.45) is 0 Å². The van der Waals surface area contributed by atoms with E-state index in [1.165, 1.54) is 0 Å². The van der Waals surface area contributed by atoms with Gasteiger partial charge in [-0.15, -0.1) is 0 Å². The van der Waals surface area contributed by atoms with Gasteiger partial charge in [0.15, 0.2) is 0 Å². The molecule has 1 saturated heterocycles. The van der Waals surface area contributed by atoms with Gasteiger partial charge in [0.2, 0.25) is 0 Å². The zero-order valence-electron chi connectivity index (χ0n) is 12.3. The van der Waals surface area contributed by atoms with Crippen molar-refractivity contribution in [1.82, 2.24) is 10.2 Å². The van der Waals surface area contributed by atoms with Crippen molar-refractivity contribution in [3.8, 4) is 0 Å². The number of hydrogen-bond donors (Lipinski definition) is 1. The second-order valence-corrected chi connectivity index (χ2v) is 6.01. The number of likely N-dealkylation sites (tertiary alicyclic amines) is 1. The highest BCUT2D eigenvalue weighted by Gasteiger charge is 2.31. The molecule has 1 atom stereocenters. The molecule has 1 N–H and O–H groups in total. The highest BCUT2D eigenvalue weighted by molar-refractivity contribution is 5.68. The van der Waals surface area contributed by atoms with E-state index in [0.717, 1.165) is 45.3 Å². The van der Waals surface area contributed by atoms with Crippen LogP contribution in [0.15, 0.2) is 0 Å². The molecule has 1 aliphatic heterocycles. The van der Waals surface area contributed by atoms with Crippen molar-refractivity contribution in [2.45, 2.75) is 65.0 Å². The summed E-state index contributed by atoms with van der Waals surface area (Å²) in [7, 11) is 0. The van der Waals surface area contributed by atoms with E-state index in [-0.39, 0.29) is 6.09 Å². The van der Waals surface area contributed by atoms with Crippen molar-refractivity contribution < 1.29 is 9.53 Å². The van der Waals surface area contributed by atoms with Gasteiger partial charge in [0, 0.05) is 12.6 Å². The van der Waals surface area contributed by atoms with Gasteiger partial charge in [-0.1, -0.05) is 6.92 Å². The Morgan fingerprint density at radius 3 is 2.72 bits per heavy atom. The minimum absolute atomic E-state index is 0.152. The number of carbonyl (C=O) groups excluding carboxylic acids is 1. The summed E-state index contributed by atoms with van der Waals surface area (Å²) in [6.45, 7) is 10.8. The Morgan fingerprint density at radius 2 is 2.11 bits per heavy atom. The maximum Gasteiger partial charge on any atom is 0.410 e. The van der Waals surface area contributed by atoms with Gasteiger partial charge in [-0.2, -0.15) is 0 Å². The molecule has 0 spiro atoms. The molecule has 18 heavy (non-hydrogen) atoms. The molecule has 0 bridgehead atoms. The van der Waals surface area contributed by atoms with E-state index in [4.69, 9.17) is 4.74 Å². The molecular formula is C14H28N2O2. The first kappa shape index (κ1) is 15.3. The van der Waals surface area contributed by atoms with Crippen LogP contribution in [0.5, 0.6) is 0 Å². The lowest BCUT2D eigenvalue weighted by atomic mass is 10.1. The summed E-state index contributed by atoms with van der Waals surface area (Å²) >= 11 is 0. The average Bonchev–Trinajstić information content (AvgIpc) is 2.70. The summed E-state index contributed by atoms with van der Waals surface area (Å²) in [5, 5.41) is 3.39. The van der Waals surface area contributed by atoms with Crippen molar-refractivity contribution in [3.05, 3.63) is 0 Å². The van der Waals surface area contributed by atoms with Gasteiger partial charge in [0.05, 0.1) is 0 Å². The predicted molar refractivity (Wildman–Crippen MR) is 73.7 cm³/mol. The molecule has 4 heteroatoms. The van der Waals surface area contributed by atoms with Crippen LogP contribution in [0.1, 0.15) is 53.4 Å². The lowest BCUT2D eigenvalue weighted by Gasteiger charge is -2.28. The predicted octanol–water partition coefficient (Wildman–Crippen LogP) is 2.78. The van der Waals surface area contributed by atoms with Gasteiger partial charge in [-0.3, -0.25) is 0 Å². The molecule has 106 valence electrons. The van der Waals surface area contributed by atoms with Crippen LogP contribution in [-0.4, -0.2) is 42.3 Å². The molecule has 1 heterocycles. The number of rotatable bonds is 5. The molecular weight excluding hydrogens is 228 g/mol. The molecule has 1 rings (SSSR count). The van der Waals surface area contributed by atoms with Gasteiger partial charge in [0.1, 0.15) is 5.60 Å². The van der Waals surface area contributed by atoms with Crippen LogP contribution in [0, 0.1) is 0 Å². The summed E-state index contributed by atoms with van der Waals surface area (Å²) < 4.78 is 5.45. The molecule has 0 saturated carbocycles. The first-order valence-corrected chi connectivity index (χ1v) is 7.14. The fourth-order valence-electron chi connectivity index (χ4n) is 2.27. The van der Waals surface area contributed by atoms with E-state index in [2.05, 4.69) is 12.2 Å². The van der Waals surface area contributed by atoms with Gasteiger partial charge in [-0.05, 0) is 59.5 Å². The topological polar surface area (TPSA) is 41.6 Å². The van der Waals surface area contributed by atoms with Gasteiger partial charge in [0.25, 0.3) is 0 Å². The van der Waals surface area contributed by atoms with E-state index in [0.29, 0.717) is 6.04 Å². The minimum Gasteiger partial charge on any atom is -0.444 e. The number of carbonyl (C=O) groups is 1. The standard InChI is InChI=1S/C14H28N2O2/c1-5-9-15-10-8-12-7-6-11-16(12)13(17)18-14(2,3)4/h12,15H,5-11H2,1-4H3. The summed E-state index contributed by atoms with van der Waals surface area (Å²) in [5.74, 6) is 0. The second kappa shape index (κ2) is 6.98. The molecule has 0 aromatic heterocycles. The van der Waals surface area contributed by atoms with Crippen LogP contribution in [0.2, 0.25) is 0 Å². The van der Waals surface area contributed by atoms with Crippen LogP contribution in [0.4, 0.5) is 4.79 Å². The number of nitrogens with zero attached hydrogens (tertiary/aromatic N) is 1. The second-order valence-electron chi connectivity index (χ2n) is 6.01. The maximum atomic E-state index is 12.0. The summed E-state index contributed by atoms with van der Waals surface area (Å²) in [4.78, 5) is 13.9. The Kier molecular flexibility index (Phi) is 5.93. The maximum absolute atomic E-state index is 12.0.